The van der Waals surface area contributed by atoms with E-state index in [0.29, 0.717) is 32.0 Å². The number of hydrogen-bond donors (Lipinski definition) is 1. The van der Waals surface area contributed by atoms with E-state index in [1.54, 1.807) is 12.1 Å². The van der Waals surface area contributed by atoms with E-state index in [1.165, 1.54) is 22.7 Å². The zero-order valence-corrected chi connectivity index (χ0v) is 21.6. The number of carbonyl (C=O) groups excluding carboxylic acids is 1. The van der Waals surface area contributed by atoms with Crippen molar-refractivity contribution >= 4 is 32.7 Å². The van der Waals surface area contributed by atoms with E-state index in [0.717, 1.165) is 41.0 Å². The molecule has 3 aromatic rings. The molecule has 0 spiro atoms. The summed E-state index contributed by atoms with van der Waals surface area (Å²) in [7, 11) is -3.64. The molecular formula is C27H34N4O3S. The first-order valence-corrected chi connectivity index (χ1v) is 14.0. The van der Waals surface area contributed by atoms with Crippen LogP contribution in [0.1, 0.15) is 61.5 Å². The van der Waals surface area contributed by atoms with E-state index >= 15 is 0 Å². The first-order chi connectivity index (χ1) is 16.7. The van der Waals surface area contributed by atoms with Gasteiger partial charge >= 0.3 is 0 Å². The number of aryl methyl sites for hydroxylation is 3. The first kappa shape index (κ1) is 24.0. The van der Waals surface area contributed by atoms with Crippen LogP contribution in [0.5, 0.6) is 0 Å². The molecule has 5 rings (SSSR count). The Morgan fingerprint density at radius 2 is 1.66 bits per heavy atom. The minimum Gasteiger partial charge on any atom is -0.326 e. The van der Waals surface area contributed by atoms with E-state index in [-0.39, 0.29) is 16.7 Å². The Morgan fingerprint density at radius 3 is 2.34 bits per heavy atom. The number of nitrogens with zero attached hydrogens (tertiary/aromatic N) is 3. The molecule has 186 valence electrons. The maximum Gasteiger partial charge on any atom is 0.243 e. The summed E-state index contributed by atoms with van der Waals surface area (Å²) in [4.78, 5) is 17.8. The summed E-state index contributed by atoms with van der Waals surface area (Å²) < 4.78 is 30.6. The van der Waals surface area contributed by atoms with Crippen LogP contribution in [0.3, 0.4) is 0 Å². The van der Waals surface area contributed by atoms with Gasteiger partial charge in [-0.3, -0.25) is 4.79 Å². The van der Waals surface area contributed by atoms with E-state index in [4.69, 9.17) is 4.98 Å². The van der Waals surface area contributed by atoms with Crippen molar-refractivity contribution in [2.45, 2.75) is 70.2 Å². The first-order valence-electron chi connectivity index (χ1n) is 12.6. The lowest BCUT2D eigenvalue weighted by Crippen LogP contribution is -2.41. The molecule has 2 fully saturated rings. The second-order valence-corrected chi connectivity index (χ2v) is 12.0. The molecule has 1 N–H and O–H groups in total. The highest BCUT2D eigenvalue weighted by Gasteiger charge is 2.33. The third-order valence-corrected chi connectivity index (χ3v) is 9.66. The fourth-order valence-electron chi connectivity index (χ4n) is 5.55. The van der Waals surface area contributed by atoms with Gasteiger partial charge in [0.2, 0.25) is 15.9 Å². The standard InChI is InChI=1S/C27H34N4O3S/c1-18-8-9-22(16-19(18)2)29-27(32)21-12-14-30(15-13-21)35(33,34)24-10-11-26-25(17-24)28-20(3)31(26)23-6-4-5-7-23/h8-11,16-17,21,23H,4-7,12-15H2,1-3H3,(H,29,32). The van der Waals surface area contributed by atoms with Crippen molar-refractivity contribution in [3.8, 4) is 0 Å². The normalized spacial score (nSPS) is 18.4. The van der Waals surface area contributed by atoms with Gasteiger partial charge in [0.1, 0.15) is 5.82 Å². The Bertz CT molecular complexity index is 1360. The number of aromatic nitrogens is 2. The Labute approximate surface area is 207 Å². The number of fused-ring (bicyclic) bond motifs is 1. The number of anilines is 1. The molecule has 0 bridgehead atoms. The lowest BCUT2D eigenvalue weighted by atomic mass is 9.97. The van der Waals surface area contributed by atoms with Gasteiger partial charge in [-0.1, -0.05) is 18.9 Å². The van der Waals surface area contributed by atoms with E-state index in [2.05, 4.69) is 9.88 Å². The lowest BCUT2D eigenvalue weighted by Gasteiger charge is -2.30. The number of benzene rings is 2. The summed E-state index contributed by atoms with van der Waals surface area (Å²) in [6, 6.07) is 11.7. The minimum absolute atomic E-state index is 0.0420. The van der Waals surface area contributed by atoms with E-state index in [1.807, 2.05) is 45.0 Å². The van der Waals surface area contributed by atoms with Crippen molar-refractivity contribution in [3.63, 3.8) is 0 Å². The molecule has 1 saturated carbocycles. The van der Waals surface area contributed by atoms with Gasteiger partial charge in [0.05, 0.1) is 15.9 Å². The molecular weight excluding hydrogens is 460 g/mol. The van der Waals surface area contributed by atoms with Crippen molar-refractivity contribution in [2.75, 3.05) is 18.4 Å². The Morgan fingerprint density at radius 1 is 0.943 bits per heavy atom. The van der Waals surface area contributed by atoms with Gasteiger partial charge in [0.25, 0.3) is 0 Å². The topological polar surface area (TPSA) is 84.3 Å². The van der Waals surface area contributed by atoms with Crippen LogP contribution in [0.25, 0.3) is 11.0 Å². The summed E-state index contributed by atoms with van der Waals surface area (Å²) in [5, 5.41) is 3.00. The molecule has 2 heterocycles. The predicted molar refractivity (Wildman–Crippen MR) is 138 cm³/mol. The highest BCUT2D eigenvalue weighted by atomic mass is 32.2. The van der Waals surface area contributed by atoms with Crippen LogP contribution in [-0.2, 0) is 14.8 Å². The van der Waals surface area contributed by atoms with Gasteiger partial charge in [0, 0.05) is 30.7 Å². The minimum atomic E-state index is -3.64. The molecule has 1 aliphatic heterocycles. The number of imidazole rings is 1. The quantitative estimate of drug-likeness (QED) is 0.534. The summed E-state index contributed by atoms with van der Waals surface area (Å²) in [6.07, 6.45) is 5.78. The van der Waals surface area contributed by atoms with Gasteiger partial charge in [-0.05, 0) is 87.9 Å². The van der Waals surface area contributed by atoms with Crippen LogP contribution in [0.15, 0.2) is 41.3 Å². The molecule has 35 heavy (non-hydrogen) atoms. The number of nitrogens with one attached hydrogen (secondary N) is 1. The second kappa shape index (κ2) is 9.39. The van der Waals surface area contributed by atoms with Crippen LogP contribution in [0.2, 0.25) is 0 Å². The second-order valence-electron chi connectivity index (χ2n) is 10.1. The van der Waals surface area contributed by atoms with Gasteiger partial charge in [-0.2, -0.15) is 4.31 Å². The average molecular weight is 495 g/mol. The van der Waals surface area contributed by atoms with Crippen molar-refractivity contribution in [1.29, 1.82) is 0 Å². The maximum atomic E-state index is 13.4. The molecule has 2 aliphatic rings. The van der Waals surface area contributed by atoms with Crippen molar-refractivity contribution in [2.24, 2.45) is 5.92 Å². The molecule has 0 atom stereocenters. The molecule has 0 radical (unpaired) electrons. The Balaban J connectivity index is 1.27. The van der Waals surface area contributed by atoms with Crippen molar-refractivity contribution < 1.29 is 13.2 Å². The van der Waals surface area contributed by atoms with Crippen molar-refractivity contribution in [3.05, 3.63) is 53.3 Å². The largest absolute Gasteiger partial charge is 0.326 e. The van der Waals surface area contributed by atoms with Crippen LogP contribution < -0.4 is 5.32 Å². The Hall–Kier alpha value is -2.71. The van der Waals surface area contributed by atoms with Gasteiger partial charge in [-0.25, -0.2) is 13.4 Å². The lowest BCUT2D eigenvalue weighted by molar-refractivity contribution is -0.120. The number of rotatable bonds is 5. The molecule has 1 aromatic heterocycles. The number of amides is 1. The highest BCUT2D eigenvalue weighted by Crippen LogP contribution is 2.34. The number of sulfonamides is 1. The molecule has 0 unspecified atom stereocenters. The molecule has 2 aromatic carbocycles. The SMILES string of the molecule is Cc1ccc(NC(=O)C2CCN(S(=O)(=O)c3ccc4c(c3)nc(C)n4C3CCCC3)CC2)cc1C. The van der Waals surface area contributed by atoms with Gasteiger partial charge in [-0.15, -0.1) is 0 Å². The number of hydrogen-bond acceptors (Lipinski definition) is 4. The predicted octanol–water partition coefficient (Wildman–Crippen LogP) is 5.12. The molecule has 1 aliphatic carbocycles. The van der Waals surface area contributed by atoms with Crippen LogP contribution in [0.4, 0.5) is 5.69 Å². The fraction of sp³-hybridized carbons (Fsp3) is 0.481. The van der Waals surface area contributed by atoms with Gasteiger partial charge in [0.15, 0.2) is 0 Å². The summed E-state index contributed by atoms with van der Waals surface area (Å²) >= 11 is 0. The van der Waals surface area contributed by atoms with E-state index < -0.39 is 10.0 Å². The number of piperidine rings is 1. The maximum absolute atomic E-state index is 13.4. The smallest absolute Gasteiger partial charge is 0.243 e. The third kappa shape index (κ3) is 4.61. The molecule has 8 heteroatoms. The number of carbonyl (C=O) groups is 1. The Kier molecular flexibility index (Phi) is 6.44. The summed E-state index contributed by atoms with van der Waals surface area (Å²) in [5.41, 5.74) is 4.84. The molecule has 7 nitrogen and oxygen atoms in total. The zero-order chi connectivity index (χ0) is 24.7. The average Bonchev–Trinajstić information content (AvgIpc) is 3.47. The monoisotopic (exact) mass is 494 g/mol. The van der Waals surface area contributed by atoms with Crippen LogP contribution in [0, 0.1) is 26.7 Å². The summed E-state index contributed by atoms with van der Waals surface area (Å²) in [5.74, 6) is 0.701. The zero-order valence-electron chi connectivity index (χ0n) is 20.8. The van der Waals surface area contributed by atoms with Crippen LogP contribution >= 0.6 is 0 Å². The van der Waals surface area contributed by atoms with Crippen molar-refractivity contribution in [1.82, 2.24) is 13.9 Å². The third-order valence-electron chi connectivity index (χ3n) is 7.76. The van der Waals surface area contributed by atoms with Gasteiger partial charge < -0.3 is 9.88 Å². The highest BCUT2D eigenvalue weighted by molar-refractivity contribution is 7.89. The fourth-order valence-corrected chi connectivity index (χ4v) is 7.04. The summed E-state index contributed by atoms with van der Waals surface area (Å²) in [6.45, 7) is 6.73. The van der Waals surface area contributed by atoms with Crippen LogP contribution in [-0.4, -0.2) is 41.3 Å². The molecule has 1 amide bonds. The van der Waals surface area contributed by atoms with E-state index in [9.17, 15) is 13.2 Å². The molecule has 1 saturated heterocycles.